The van der Waals surface area contributed by atoms with Gasteiger partial charge in [-0.25, -0.2) is 9.67 Å². The van der Waals surface area contributed by atoms with Crippen molar-refractivity contribution >= 4 is 0 Å². The maximum absolute atomic E-state index is 5.09. The highest BCUT2D eigenvalue weighted by molar-refractivity contribution is 5.20. The molecule has 0 bridgehead atoms. The highest BCUT2D eigenvalue weighted by Gasteiger charge is 2.26. The maximum Gasteiger partial charge on any atom is 0.213 e. The Bertz CT molecular complexity index is 519. The van der Waals surface area contributed by atoms with Crippen molar-refractivity contribution in [1.29, 1.82) is 0 Å². The molecule has 17 heavy (non-hydrogen) atoms. The Morgan fingerprint density at radius 2 is 2.35 bits per heavy atom. The molecular weight excluding hydrogens is 216 g/mol. The van der Waals surface area contributed by atoms with Gasteiger partial charge < -0.3 is 4.74 Å². The molecule has 0 aromatic carbocycles. The fraction of sp³-hybridized carbons (Fsp3) is 0.417. The van der Waals surface area contributed by atoms with Crippen LogP contribution >= 0.6 is 0 Å². The Morgan fingerprint density at radius 3 is 3.12 bits per heavy atom. The molecule has 3 rings (SSSR count). The Labute approximate surface area is 99.4 Å². The van der Waals surface area contributed by atoms with Crippen molar-refractivity contribution in [2.75, 3.05) is 7.11 Å². The van der Waals surface area contributed by atoms with E-state index >= 15 is 0 Å². The minimum Gasteiger partial charge on any atom is -0.481 e. The van der Waals surface area contributed by atoms with E-state index in [1.54, 1.807) is 13.3 Å². The Morgan fingerprint density at radius 1 is 1.47 bits per heavy atom. The van der Waals surface area contributed by atoms with Gasteiger partial charge in [0.1, 0.15) is 0 Å². The number of pyridine rings is 1. The fourth-order valence-corrected chi connectivity index (χ4v) is 1.80. The summed E-state index contributed by atoms with van der Waals surface area (Å²) in [5.74, 6) is 1.28. The minimum absolute atomic E-state index is 0.630. The van der Waals surface area contributed by atoms with Crippen molar-refractivity contribution in [3.63, 3.8) is 0 Å². The van der Waals surface area contributed by atoms with Crippen LogP contribution in [0.25, 0.3) is 0 Å². The molecule has 1 aliphatic carbocycles. The van der Waals surface area contributed by atoms with Gasteiger partial charge in [-0.15, -0.1) is 5.10 Å². The fourth-order valence-electron chi connectivity index (χ4n) is 1.80. The lowest BCUT2D eigenvalue weighted by atomic mass is 10.2. The smallest absolute Gasteiger partial charge is 0.213 e. The summed E-state index contributed by atoms with van der Waals surface area (Å²) in [7, 11) is 1.62. The Hall–Kier alpha value is -1.91. The highest BCUT2D eigenvalue weighted by atomic mass is 16.5. The van der Waals surface area contributed by atoms with Crippen LogP contribution in [0.5, 0.6) is 5.88 Å². The molecule has 2 heterocycles. The second kappa shape index (κ2) is 4.16. The topological polar surface area (TPSA) is 52.8 Å². The van der Waals surface area contributed by atoms with E-state index in [4.69, 9.17) is 4.74 Å². The summed E-state index contributed by atoms with van der Waals surface area (Å²) in [5, 5.41) is 8.32. The van der Waals surface area contributed by atoms with Gasteiger partial charge in [0.2, 0.25) is 5.88 Å². The zero-order chi connectivity index (χ0) is 11.7. The summed E-state index contributed by atoms with van der Waals surface area (Å²) in [6, 6.07) is 3.87. The van der Waals surface area contributed by atoms with E-state index < -0.39 is 0 Å². The van der Waals surface area contributed by atoms with E-state index in [1.807, 2.05) is 23.0 Å². The van der Waals surface area contributed by atoms with Gasteiger partial charge in [0.05, 0.1) is 19.3 Å². The Kier molecular flexibility index (Phi) is 2.51. The number of ether oxygens (including phenoxy) is 1. The predicted molar refractivity (Wildman–Crippen MR) is 61.9 cm³/mol. The normalized spacial score (nSPS) is 14.9. The van der Waals surface area contributed by atoms with E-state index in [2.05, 4.69) is 15.3 Å². The molecule has 0 atom stereocenters. The first-order valence-corrected chi connectivity index (χ1v) is 5.74. The average molecular weight is 230 g/mol. The zero-order valence-electron chi connectivity index (χ0n) is 9.71. The third-order valence-corrected chi connectivity index (χ3v) is 2.90. The second-order valence-corrected chi connectivity index (χ2v) is 4.32. The van der Waals surface area contributed by atoms with Crippen LogP contribution in [0.4, 0.5) is 0 Å². The van der Waals surface area contributed by atoms with Crippen LogP contribution in [0.15, 0.2) is 24.5 Å². The molecule has 5 nitrogen and oxygen atoms in total. The van der Waals surface area contributed by atoms with Gasteiger partial charge in [-0.05, 0) is 24.5 Å². The van der Waals surface area contributed by atoms with Crippen LogP contribution in [-0.2, 0) is 6.54 Å². The van der Waals surface area contributed by atoms with E-state index in [0.717, 1.165) is 11.3 Å². The summed E-state index contributed by atoms with van der Waals surface area (Å²) in [6.07, 6.45) is 6.28. The molecule has 2 aromatic rings. The number of methoxy groups -OCH3 is 1. The van der Waals surface area contributed by atoms with Crippen LogP contribution in [0.1, 0.15) is 30.0 Å². The summed E-state index contributed by atoms with van der Waals surface area (Å²) in [5.41, 5.74) is 2.23. The Balaban J connectivity index is 1.75. The van der Waals surface area contributed by atoms with Gasteiger partial charge in [-0.2, -0.15) is 0 Å². The molecule has 0 radical (unpaired) electrons. The number of nitrogens with zero attached hydrogens (tertiary/aromatic N) is 4. The molecule has 0 N–H and O–H groups in total. The molecule has 0 saturated heterocycles. The van der Waals surface area contributed by atoms with Gasteiger partial charge in [0.15, 0.2) is 0 Å². The van der Waals surface area contributed by atoms with Gasteiger partial charge in [0.25, 0.3) is 0 Å². The number of hydrogen-bond donors (Lipinski definition) is 0. The number of aromatic nitrogens is 4. The van der Waals surface area contributed by atoms with Crippen LogP contribution in [0.3, 0.4) is 0 Å². The third kappa shape index (κ3) is 2.27. The largest absolute Gasteiger partial charge is 0.481 e. The van der Waals surface area contributed by atoms with E-state index in [1.165, 1.54) is 12.8 Å². The van der Waals surface area contributed by atoms with Crippen molar-refractivity contribution < 1.29 is 4.74 Å². The van der Waals surface area contributed by atoms with Gasteiger partial charge >= 0.3 is 0 Å². The lowest BCUT2D eigenvalue weighted by Gasteiger charge is -2.02. The minimum atomic E-state index is 0.630. The SMILES string of the molecule is COc1cc(Cn2cc(C3CC3)nn2)ccn1. The maximum atomic E-state index is 5.09. The molecular formula is C12H14N4O. The quantitative estimate of drug-likeness (QED) is 0.800. The monoisotopic (exact) mass is 230 g/mol. The molecule has 88 valence electrons. The summed E-state index contributed by atoms with van der Waals surface area (Å²) >= 11 is 0. The van der Waals surface area contributed by atoms with Crippen LogP contribution in [-0.4, -0.2) is 27.1 Å². The lowest BCUT2D eigenvalue weighted by molar-refractivity contribution is 0.397. The molecule has 0 unspecified atom stereocenters. The predicted octanol–water partition coefficient (Wildman–Crippen LogP) is 1.61. The van der Waals surface area contributed by atoms with Crippen LogP contribution in [0, 0.1) is 0 Å². The molecule has 0 aliphatic heterocycles. The van der Waals surface area contributed by atoms with Crippen LogP contribution < -0.4 is 4.74 Å². The van der Waals surface area contributed by atoms with Gasteiger partial charge in [-0.3, -0.25) is 0 Å². The molecule has 0 amide bonds. The van der Waals surface area contributed by atoms with Crippen molar-refractivity contribution in [2.24, 2.45) is 0 Å². The third-order valence-electron chi connectivity index (χ3n) is 2.90. The first-order chi connectivity index (χ1) is 8.35. The summed E-state index contributed by atoms with van der Waals surface area (Å²) < 4.78 is 6.95. The van der Waals surface area contributed by atoms with E-state index in [0.29, 0.717) is 18.3 Å². The number of rotatable bonds is 4. The molecule has 2 aromatic heterocycles. The van der Waals surface area contributed by atoms with Crippen molar-refractivity contribution in [3.8, 4) is 5.88 Å². The van der Waals surface area contributed by atoms with Crippen molar-refractivity contribution in [2.45, 2.75) is 25.3 Å². The first-order valence-electron chi connectivity index (χ1n) is 5.74. The van der Waals surface area contributed by atoms with Gasteiger partial charge in [-0.1, -0.05) is 5.21 Å². The molecule has 1 aliphatic rings. The zero-order valence-corrected chi connectivity index (χ0v) is 9.71. The lowest BCUT2D eigenvalue weighted by Crippen LogP contribution is -2.01. The molecule has 1 saturated carbocycles. The molecule has 1 fully saturated rings. The standard InChI is InChI=1S/C12H14N4O/c1-17-12-6-9(4-5-13-12)7-16-8-11(14-15-16)10-2-3-10/h4-6,8,10H,2-3,7H2,1H3. The second-order valence-electron chi connectivity index (χ2n) is 4.32. The summed E-state index contributed by atoms with van der Waals surface area (Å²) in [4.78, 5) is 4.08. The molecule has 5 heteroatoms. The van der Waals surface area contributed by atoms with E-state index in [9.17, 15) is 0 Å². The van der Waals surface area contributed by atoms with Crippen molar-refractivity contribution in [3.05, 3.63) is 35.8 Å². The molecule has 0 spiro atoms. The van der Waals surface area contributed by atoms with Crippen LogP contribution in [0.2, 0.25) is 0 Å². The first kappa shape index (κ1) is 10.3. The number of hydrogen-bond acceptors (Lipinski definition) is 4. The highest BCUT2D eigenvalue weighted by Crippen LogP contribution is 2.38. The summed E-state index contributed by atoms with van der Waals surface area (Å²) in [6.45, 7) is 0.707. The van der Waals surface area contributed by atoms with E-state index in [-0.39, 0.29) is 0 Å². The van der Waals surface area contributed by atoms with Crippen molar-refractivity contribution in [1.82, 2.24) is 20.0 Å². The average Bonchev–Trinajstić information content (AvgIpc) is 3.11. The van der Waals surface area contributed by atoms with Gasteiger partial charge in [0, 0.05) is 24.4 Å².